The summed E-state index contributed by atoms with van der Waals surface area (Å²) in [6, 6.07) is 15.3. The van der Waals surface area contributed by atoms with Gasteiger partial charge in [-0.25, -0.2) is 0 Å². The molecule has 112 valence electrons. The quantitative estimate of drug-likeness (QED) is 0.943. The van der Waals surface area contributed by atoms with Crippen molar-refractivity contribution in [3.05, 3.63) is 65.2 Å². The zero-order valence-electron chi connectivity index (χ0n) is 12.3. The lowest BCUT2D eigenvalue weighted by Gasteiger charge is -2.17. The summed E-state index contributed by atoms with van der Waals surface area (Å²) in [5.41, 5.74) is 2.55. The highest BCUT2D eigenvalue weighted by atomic mass is 16.5. The maximum atomic E-state index is 12.2. The Labute approximate surface area is 129 Å². The van der Waals surface area contributed by atoms with Crippen LogP contribution in [0.4, 0.5) is 0 Å². The lowest BCUT2D eigenvalue weighted by Crippen LogP contribution is -2.28. The van der Waals surface area contributed by atoms with E-state index in [0.717, 1.165) is 22.6 Å². The van der Waals surface area contributed by atoms with Gasteiger partial charge in [-0.1, -0.05) is 30.3 Å². The molecule has 0 spiro atoms. The number of fused-ring (bicyclic) bond motifs is 1. The van der Waals surface area contributed by atoms with Crippen LogP contribution in [0.5, 0.6) is 11.5 Å². The molecule has 0 saturated heterocycles. The van der Waals surface area contributed by atoms with Gasteiger partial charge in [0, 0.05) is 12.1 Å². The molecule has 1 N–H and O–H groups in total. The minimum absolute atomic E-state index is 0.114. The fourth-order valence-electron chi connectivity index (χ4n) is 2.33. The van der Waals surface area contributed by atoms with Crippen LogP contribution in [0.25, 0.3) is 6.08 Å². The molecule has 1 aliphatic rings. The number of carbonyl (C=O) groups is 1. The van der Waals surface area contributed by atoms with Crippen LogP contribution < -0.4 is 14.8 Å². The number of methoxy groups -OCH3 is 1. The zero-order chi connectivity index (χ0) is 15.4. The summed E-state index contributed by atoms with van der Waals surface area (Å²) in [5, 5.41) is 2.91. The molecule has 0 aliphatic carbocycles. The van der Waals surface area contributed by atoms with Gasteiger partial charge in [-0.05, 0) is 29.8 Å². The minimum atomic E-state index is -0.114. The molecule has 1 aliphatic heterocycles. The summed E-state index contributed by atoms with van der Waals surface area (Å²) in [6.07, 6.45) is 1.87. The summed E-state index contributed by atoms with van der Waals surface area (Å²) in [4.78, 5) is 12.2. The molecule has 4 nitrogen and oxygen atoms in total. The Kier molecular flexibility index (Phi) is 4.10. The molecule has 0 fully saturated rings. The molecular weight excluding hydrogens is 278 g/mol. The number of nitrogens with one attached hydrogen (secondary N) is 1. The third-order valence-corrected chi connectivity index (χ3v) is 3.51. The average Bonchev–Trinajstić information content (AvgIpc) is 2.59. The van der Waals surface area contributed by atoms with Gasteiger partial charge in [-0.2, -0.15) is 0 Å². The summed E-state index contributed by atoms with van der Waals surface area (Å²) in [6.45, 7) is 0.746. The van der Waals surface area contributed by atoms with Gasteiger partial charge in [-0.15, -0.1) is 0 Å². The van der Waals surface area contributed by atoms with E-state index in [1.165, 1.54) is 0 Å². The Balaban J connectivity index is 1.66. The van der Waals surface area contributed by atoms with Crippen molar-refractivity contribution in [2.75, 3.05) is 13.7 Å². The van der Waals surface area contributed by atoms with Crippen molar-refractivity contribution in [2.45, 2.75) is 6.54 Å². The lowest BCUT2D eigenvalue weighted by atomic mass is 10.1. The topological polar surface area (TPSA) is 47.6 Å². The van der Waals surface area contributed by atoms with Crippen molar-refractivity contribution < 1.29 is 14.3 Å². The summed E-state index contributed by atoms with van der Waals surface area (Å²) in [5.74, 6) is 1.48. The van der Waals surface area contributed by atoms with Gasteiger partial charge in [0.25, 0.3) is 5.91 Å². The molecule has 0 aromatic heterocycles. The highest BCUT2D eigenvalue weighted by molar-refractivity contribution is 5.99. The molecule has 0 radical (unpaired) electrons. The van der Waals surface area contributed by atoms with Gasteiger partial charge in [0.15, 0.2) is 0 Å². The Morgan fingerprint density at radius 2 is 2.09 bits per heavy atom. The van der Waals surface area contributed by atoms with Gasteiger partial charge in [0.1, 0.15) is 18.1 Å². The number of carbonyl (C=O) groups excluding carboxylic acids is 1. The fourth-order valence-corrected chi connectivity index (χ4v) is 2.33. The summed E-state index contributed by atoms with van der Waals surface area (Å²) >= 11 is 0. The Morgan fingerprint density at radius 3 is 2.95 bits per heavy atom. The first-order valence-electron chi connectivity index (χ1n) is 7.10. The van der Waals surface area contributed by atoms with Crippen molar-refractivity contribution in [3.63, 3.8) is 0 Å². The van der Waals surface area contributed by atoms with Crippen molar-refractivity contribution >= 4 is 12.0 Å². The number of benzene rings is 2. The Hall–Kier alpha value is -2.75. The van der Waals surface area contributed by atoms with Crippen LogP contribution in [-0.2, 0) is 11.3 Å². The fraction of sp³-hybridized carbons (Fsp3) is 0.167. The molecule has 0 saturated carbocycles. The number of para-hydroxylation sites is 1. The number of ether oxygens (including phenoxy) is 2. The van der Waals surface area contributed by atoms with Crippen molar-refractivity contribution in [3.8, 4) is 11.5 Å². The van der Waals surface area contributed by atoms with Crippen molar-refractivity contribution in [2.24, 2.45) is 0 Å². The summed E-state index contributed by atoms with van der Waals surface area (Å²) in [7, 11) is 1.62. The molecule has 0 atom stereocenters. The van der Waals surface area contributed by atoms with E-state index in [9.17, 15) is 4.79 Å². The molecule has 4 heteroatoms. The third kappa shape index (κ3) is 3.11. The maximum absolute atomic E-state index is 12.2. The normalized spacial score (nSPS) is 12.7. The smallest absolute Gasteiger partial charge is 0.250 e. The van der Waals surface area contributed by atoms with Gasteiger partial charge >= 0.3 is 0 Å². The monoisotopic (exact) mass is 295 g/mol. The second kappa shape index (κ2) is 6.35. The Bertz CT molecular complexity index is 722. The number of hydrogen-bond donors (Lipinski definition) is 1. The van der Waals surface area contributed by atoms with E-state index >= 15 is 0 Å². The predicted molar refractivity (Wildman–Crippen MR) is 84.8 cm³/mol. The van der Waals surface area contributed by atoms with Crippen molar-refractivity contribution in [1.82, 2.24) is 5.32 Å². The molecular formula is C18H17NO3. The SMILES string of the molecule is COc1cccc(CNC(=O)C2=Cc3ccccc3OC2)c1. The first-order chi connectivity index (χ1) is 10.8. The molecule has 2 aromatic carbocycles. The van der Waals surface area contributed by atoms with Gasteiger partial charge < -0.3 is 14.8 Å². The molecule has 0 bridgehead atoms. The van der Waals surface area contributed by atoms with Gasteiger partial charge in [-0.3, -0.25) is 4.79 Å². The molecule has 1 heterocycles. The third-order valence-electron chi connectivity index (χ3n) is 3.51. The van der Waals surface area contributed by atoms with Crippen LogP contribution in [0.1, 0.15) is 11.1 Å². The van der Waals surface area contributed by atoms with E-state index in [2.05, 4.69) is 5.32 Å². The number of rotatable bonds is 4. The predicted octanol–water partition coefficient (Wildman–Crippen LogP) is 2.79. The average molecular weight is 295 g/mol. The molecule has 3 rings (SSSR count). The van der Waals surface area contributed by atoms with Crippen LogP contribution in [0.3, 0.4) is 0 Å². The second-order valence-corrected chi connectivity index (χ2v) is 5.03. The largest absolute Gasteiger partial charge is 0.497 e. The molecule has 2 aromatic rings. The lowest BCUT2D eigenvalue weighted by molar-refractivity contribution is -0.117. The molecule has 0 unspecified atom stereocenters. The van der Waals surface area contributed by atoms with Crippen LogP contribution in [0.15, 0.2) is 54.1 Å². The first kappa shape index (κ1) is 14.2. The first-order valence-corrected chi connectivity index (χ1v) is 7.10. The highest BCUT2D eigenvalue weighted by Crippen LogP contribution is 2.25. The van der Waals surface area contributed by atoms with E-state index < -0.39 is 0 Å². The van der Waals surface area contributed by atoms with E-state index in [1.807, 2.05) is 54.6 Å². The van der Waals surface area contributed by atoms with Crippen LogP contribution in [-0.4, -0.2) is 19.6 Å². The standard InChI is InChI=1S/C18H17NO3/c1-21-16-7-4-5-13(9-16)11-19-18(20)15-10-14-6-2-3-8-17(14)22-12-15/h2-10H,11-12H2,1H3,(H,19,20). The van der Waals surface area contributed by atoms with Crippen molar-refractivity contribution in [1.29, 1.82) is 0 Å². The second-order valence-electron chi connectivity index (χ2n) is 5.03. The van der Waals surface area contributed by atoms with Gasteiger partial charge in [0.2, 0.25) is 0 Å². The van der Waals surface area contributed by atoms with E-state index in [-0.39, 0.29) is 5.91 Å². The maximum Gasteiger partial charge on any atom is 0.250 e. The molecule has 22 heavy (non-hydrogen) atoms. The van der Waals surface area contributed by atoms with Gasteiger partial charge in [0.05, 0.1) is 12.7 Å². The van der Waals surface area contributed by atoms with Crippen LogP contribution in [0.2, 0.25) is 0 Å². The number of amides is 1. The summed E-state index contributed by atoms with van der Waals surface area (Å²) < 4.78 is 10.8. The highest BCUT2D eigenvalue weighted by Gasteiger charge is 2.16. The van der Waals surface area contributed by atoms with E-state index in [0.29, 0.717) is 18.7 Å². The minimum Gasteiger partial charge on any atom is -0.497 e. The Morgan fingerprint density at radius 1 is 1.23 bits per heavy atom. The molecule has 1 amide bonds. The van der Waals surface area contributed by atoms with Crippen LogP contribution in [0, 0.1) is 0 Å². The van der Waals surface area contributed by atoms with E-state index in [4.69, 9.17) is 9.47 Å². The van der Waals surface area contributed by atoms with E-state index in [1.54, 1.807) is 7.11 Å². The zero-order valence-corrected chi connectivity index (χ0v) is 12.3. The van der Waals surface area contributed by atoms with Crippen LogP contribution >= 0.6 is 0 Å². The number of hydrogen-bond acceptors (Lipinski definition) is 3.